The van der Waals surface area contributed by atoms with Crippen molar-refractivity contribution in [1.29, 1.82) is 0 Å². The Morgan fingerprint density at radius 2 is 1.94 bits per heavy atom. The summed E-state index contributed by atoms with van der Waals surface area (Å²) in [7, 11) is 0. The summed E-state index contributed by atoms with van der Waals surface area (Å²) in [5, 5.41) is 0. The fourth-order valence-electron chi connectivity index (χ4n) is 5.27. The molecule has 0 unspecified atom stereocenters. The topological polar surface area (TPSA) is 54.8 Å². The van der Waals surface area contributed by atoms with Crippen LogP contribution < -0.4 is 5.56 Å². The standard InChI is InChI=1S/C24H28FN3O3/c1-16-2-4-20(25)11-21(16)24(30)27-12-17-10-19(15-27)22-5-3-18(23(29)28(22)13-17)14-26-6-8-31-9-7-26/h2-5,11,17,19H,6-10,12-15H2,1H3/t17-,19+/m0/s1. The molecule has 4 heterocycles. The van der Waals surface area contributed by atoms with Crippen molar-refractivity contribution in [1.82, 2.24) is 14.4 Å². The molecule has 31 heavy (non-hydrogen) atoms. The highest BCUT2D eigenvalue weighted by Gasteiger charge is 2.37. The molecule has 3 aliphatic rings. The number of amides is 1. The lowest BCUT2D eigenvalue weighted by Crippen LogP contribution is -2.49. The number of carbonyl (C=O) groups excluding carboxylic acids is 1. The number of carbonyl (C=O) groups is 1. The third-order valence-electron chi connectivity index (χ3n) is 6.90. The molecular formula is C24H28FN3O3. The van der Waals surface area contributed by atoms with E-state index in [9.17, 15) is 14.0 Å². The average molecular weight is 426 g/mol. The van der Waals surface area contributed by atoms with Gasteiger partial charge in [0.2, 0.25) is 0 Å². The van der Waals surface area contributed by atoms with E-state index in [1.807, 2.05) is 22.5 Å². The zero-order chi connectivity index (χ0) is 21.5. The monoisotopic (exact) mass is 425 g/mol. The van der Waals surface area contributed by atoms with Crippen LogP contribution in [0.5, 0.6) is 0 Å². The Hall–Kier alpha value is -2.51. The number of benzene rings is 1. The van der Waals surface area contributed by atoms with Crippen LogP contribution in [0.2, 0.25) is 0 Å². The number of nitrogens with zero attached hydrogens (tertiary/aromatic N) is 3. The van der Waals surface area contributed by atoms with Crippen LogP contribution in [0.1, 0.15) is 39.5 Å². The van der Waals surface area contributed by atoms with Crippen molar-refractivity contribution in [3.63, 3.8) is 0 Å². The lowest BCUT2D eigenvalue weighted by atomic mass is 9.82. The predicted octanol–water partition coefficient (Wildman–Crippen LogP) is 2.39. The number of likely N-dealkylation sites (tertiary alicyclic amines) is 1. The minimum absolute atomic E-state index is 0.0967. The number of pyridine rings is 1. The zero-order valence-electron chi connectivity index (χ0n) is 17.8. The smallest absolute Gasteiger partial charge is 0.255 e. The van der Waals surface area contributed by atoms with Crippen molar-refractivity contribution in [3.05, 3.63) is 68.9 Å². The third kappa shape index (κ3) is 3.92. The van der Waals surface area contributed by atoms with Crippen LogP contribution in [0.4, 0.5) is 4.39 Å². The van der Waals surface area contributed by atoms with Crippen molar-refractivity contribution in [2.75, 3.05) is 39.4 Å². The number of aryl methyl sites for hydroxylation is 1. The van der Waals surface area contributed by atoms with Crippen molar-refractivity contribution < 1.29 is 13.9 Å². The van der Waals surface area contributed by atoms with Crippen LogP contribution >= 0.6 is 0 Å². The van der Waals surface area contributed by atoms with E-state index in [0.29, 0.717) is 45.0 Å². The third-order valence-corrected chi connectivity index (χ3v) is 6.90. The van der Waals surface area contributed by atoms with Gasteiger partial charge in [-0.2, -0.15) is 0 Å². The first-order valence-corrected chi connectivity index (χ1v) is 11.1. The number of morpholine rings is 1. The molecule has 2 saturated heterocycles. The van der Waals surface area contributed by atoms with Crippen molar-refractivity contribution in [3.8, 4) is 0 Å². The summed E-state index contributed by atoms with van der Waals surface area (Å²) in [6, 6.07) is 8.39. The summed E-state index contributed by atoms with van der Waals surface area (Å²) in [5.74, 6) is -0.141. The first-order valence-electron chi connectivity index (χ1n) is 11.1. The Morgan fingerprint density at radius 1 is 1.13 bits per heavy atom. The lowest BCUT2D eigenvalue weighted by molar-refractivity contribution is 0.0338. The SMILES string of the molecule is Cc1ccc(F)cc1C(=O)N1C[C@@H]2C[C@H](C1)c1ccc(CN3CCOCC3)c(=O)n1C2. The van der Waals surface area contributed by atoms with E-state index in [1.54, 1.807) is 6.07 Å². The molecule has 6 nitrogen and oxygen atoms in total. The van der Waals surface area contributed by atoms with Gasteiger partial charge < -0.3 is 14.2 Å². The number of halogens is 1. The van der Waals surface area contributed by atoms with Crippen molar-refractivity contribution in [2.24, 2.45) is 5.92 Å². The molecule has 2 atom stereocenters. The minimum atomic E-state index is -0.393. The number of hydrogen-bond donors (Lipinski definition) is 0. The Labute approximate surface area is 181 Å². The molecule has 0 spiro atoms. The summed E-state index contributed by atoms with van der Waals surface area (Å²) >= 11 is 0. The molecule has 1 aromatic heterocycles. The highest BCUT2D eigenvalue weighted by Crippen LogP contribution is 2.36. The van der Waals surface area contributed by atoms with Gasteiger partial charge in [0.25, 0.3) is 11.5 Å². The summed E-state index contributed by atoms with van der Waals surface area (Å²) in [4.78, 5) is 30.5. The van der Waals surface area contributed by atoms with Gasteiger partial charge in [0.05, 0.1) is 13.2 Å². The molecule has 2 aromatic rings. The first-order chi connectivity index (χ1) is 15.0. The maximum atomic E-state index is 13.7. The molecule has 3 aliphatic heterocycles. The molecule has 5 rings (SSSR count). The van der Waals surface area contributed by atoms with Crippen LogP contribution in [0.25, 0.3) is 0 Å². The predicted molar refractivity (Wildman–Crippen MR) is 115 cm³/mol. The minimum Gasteiger partial charge on any atom is -0.379 e. The normalized spacial score (nSPS) is 23.5. The zero-order valence-corrected chi connectivity index (χ0v) is 17.8. The summed E-state index contributed by atoms with van der Waals surface area (Å²) in [6.45, 7) is 7.41. The van der Waals surface area contributed by atoms with Gasteiger partial charge in [0.1, 0.15) is 5.82 Å². The van der Waals surface area contributed by atoms with E-state index >= 15 is 0 Å². The van der Waals surface area contributed by atoms with Crippen LogP contribution in [0.15, 0.2) is 35.1 Å². The van der Waals surface area contributed by atoms with Gasteiger partial charge in [-0.05, 0) is 43.0 Å². The maximum absolute atomic E-state index is 13.7. The highest BCUT2D eigenvalue weighted by molar-refractivity contribution is 5.95. The molecule has 1 amide bonds. The second-order valence-corrected chi connectivity index (χ2v) is 9.06. The van der Waals surface area contributed by atoms with E-state index in [-0.39, 0.29) is 23.3 Å². The number of aromatic nitrogens is 1. The number of piperidine rings is 1. The fraction of sp³-hybridized carbons (Fsp3) is 0.500. The van der Waals surface area contributed by atoms with Gasteiger partial charge in [-0.25, -0.2) is 4.39 Å². The largest absolute Gasteiger partial charge is 0.379 e. The molecule has 7 heteroatoms. The molecule has 2 fully saturated rings. The van der Waals surface area contributed by atoms with Gasteiger partial charge >= 0.3 is 0 Å². The van der Waals surface area contributed by atoms with E-state index in [2.05, 4.69) is 11.0 Å². The van der Waals surface area contributed by atoms with Crippen LogP contribution in [-0.2, 0) is 17.8 Å². The van der Waals surface area contributed by atoms with E-state index in [0.717, 1.165) is 36.3 Å². The van der Waals surface area contributed by atoms with Gasteiger partial charge in [-0.1, -0.05) is 12.1 Å². The highest BCUT2D eigenvalue weighted by atomic mass is 19.1. The quantitative estimate of drug-likeness (QED) is 0.758. The van der Waals surface area contributed by atoms with Gasteiger partial charge in [-0.15, -0.1) is 0 Å². The molecule has 0 saturated carbocycles. The molecule has 1 aromatic carbocycles. The molecular weight excluding hydrogens is 397 g/mol. The molecule has 2 bridgehead atoms. The number of ether oxygens (including phenoxy) is 1. The average Bonchev–Trinajstić information content (AvgIpc) is 2.78. The number of rotatable bonds is 3. The Morgan fingerprint density at radius 3 is 2.74 bits per heavy atom. The van der Waals surface area contributed by atoms with E-state index in [1.165, 1.54) is 12.1 Å². The number of hydrogen-bond acceptors (Lipinski definition) is 4. The van der Waals surface area contributed by atoms with Crippen LogP contribution in [0.3, 0.4) is 0 Å². The summed E-state index contributed by atoms with van der Waals surface area (Å²) in [5.41, 5.74) is 3.15. The number of fused-ring (bicyclic) bond motifs is 4. The van der Waals surface area contributed by atoms with Gasteiger partial charge in [0.15, 0.2) is 0 Å². The maximum Gasteiger partial charge on any atom is 0.255 e. The summed E-state index contributed by atoms with van der Waals surface area (Å²) < 4.78 is 21.1. The fourth-order valence-corrected chi connectivity index (χ4v) is 5.27. The van der Waals surface area contributed by atoms with Crippen LogP contribution in [-0.4, -0.2) is 59.7 Å². The Kier molecular flexibility index (Phi) is 5.40. The van der Waals surface area contributed by atoms with E-state index < -0.39 is 5.82 Å². The van der Waals surface area contributed by atoms with Gasteiger partial charge in [-0.3, -0.25) is 14.5 Å². The lowest BCUT2D eigenvalue weighted by Gasteiger charge is -2.43. The Balaban J connectivity index is 1.38. The van der Waals surface area contributed by atoms with Crippen molar-refractivity contribution in [2.45, 2.75) is 32.4 Å². The van der Waals surface area contributed by atoms with Crippen LogP contribution in [0, 0.1) is 18.7 Å². The van der Waals surface area contributed by atoms with E-state index in [4.69, 9.17) is 4.74 Å². The summed E-state index contributed by atoms with van der Waals surface area (Å²) in [6.07, 6.45) is 0.980. The second-order valence-electron chi connectivity index (χ2n) is 9.06. The molecule has 0 aliphatic carbocycles. The Bertz CT molecular complexity index is 1060. The second kappa shape index (κ2) is 8.20. The van der Waals surface area contributed by atoms with Gasteiger partial charge in [0, 0.05) is 62.0 Å². The van der Waals surface area contributed by atoms with Crippen molar-refractivity contribution >= 4 is 5.91 Å². The molecule has 0 radical (unpaired) electrons. The molecule has 164 valence electrons. The first kappa shape index (κ1) is 20.4. The molecule has 0 N–H and O–H groups in total.